The smallest absolute Gasteiger partial charge is 0.253 e. The van der Waals surface area contributed by atoms with Gasteiger partial charge in [-0.15, -0.1) is 0 Å². The van der Waals surface area contributed by atoms with Gasteiger partial charge in [0.05, 0.1) is 11.6 Å². The van der Waals surface area contributed by atoms with Gasteiger partial charge in [-0.1, -0.05) is 25.1 Å². The molecule has 1 saturated heterocycles. The zero-order valence-electron chi connectivity index (χ0n) is 18.0. The standard InChI is InChI=1S/C24H28N6O/c1-3-22-27-24(29-28-22)26-21-14-20(7-4-16(21)2)23(31)30-12-10-19(11-13-30)18-8-5-17(15-25)6-9-18/h4-9,14,19,22,28H,3,10-13H2,1-2H3,(H2,26,27,29). The van der Waals surface area contributed by atoms with E-state index in [9.17, 15) is 4.79 Å². The number of nitriles is 1. The average molecular weight is 417 g/mol. The number of piperidine rings is 1. The number of hydrazine groups is 1. The Morgan fingerprint density at radius 2 is 1.97 bits per heavy atom. The lowest BCUT2D eigenvalue weighted by Crippen LogP contribution is -2.38. The van der Waals surface area contributed by atoms with Gasteiger partial charge in [0.2, 0.25) is 5.96 Å². The van der Waals surface area contributed by atoms with Gasteiger partial charge in [-0.25, -0.2) is 10.4 Å². The van der Waals surface area contributed by atoms with Gasteiger partial charge < -0.3 is 10.2 Å². The topological polar surface area (TPSA) is 92.6 Å². The Bertz CT molecular complexity index is 1020. The van der Waals surface area contributed by atoms with Crippen LogP contribution in [0.5, 0.6) is 0 Å². The molecule has 1 fully saturated rings. The molecule has 7 nitrogen and oxygen atoms in total. The Balaban J connectivity index is 1.40. The van der Waals surface area contributed by atoms with E-state index in [0.29, 0.717) is 23.0 Å². The van der Waals surface area contributed by atoms with Gasteiger partial charge in [-0.3, -0.25) is 10.2 Å². The molecule has 3 N–H and O–H groups in total. The molecular weight excluding hydrogens is 388 g/mol. The number of nitrogens with zero attached hydrogens (tertiary/aromatic N) is 3. The van der Waals surface area contributed by atoms with E-state index in [1.165, 1.54) is 5.56 Å². The monoisotopic (exact) mass is 416 g/mol. The van der Waals surface area contributed by atoms with Crippen LogP contribution in [0.1, 0.15) is 59.2 Å². The first kappa shape index (κ1) is 20.9. The second-order valence-corrected chi connectivity index (χ2v) is 8.13. The summed E-state index contributed by atoms with van der Waals surface area (Å²) in [6.07, 6.45) is 2.82. The number of carbonyl (C=O) groups excluding carboxylic acids is 1. The van der Waals surface area contributed by atoms with E-state index in [1.807, 2.05) is 54.3 Å². The number of guanidine groups is 1. The minimum Gasteiger partial charge on any atom is -0.339 e. The van der Waals surface area contributed by atoms with Crippen molar-refractivity contribution in [3.63, 3.8) is 0 Å². The summed E-state index contributed by atoms with van der Waals surface area (Å²) in [6, 6.07) is 15.8. The molecular formula is C24H28N6O. The fourth-order valence-corrected chi connectivity index (χ4v) is 4.07. The maximum Gasteiger partial charge on any atom is 0.253 e. The van der Waals surface area contributed by atoms with Gasteiger partial charge in [0, 0.05) is 24.3 Å². The third-order valence-corrected chi connectivity index (χ3v) is 6.06. The highest BCUT2D eigenvalue weighted by Crippen LogP contribution is 2.29. The summed E-state index contributed by atoms with van der Waals surface area (Å²) in [7, 11) is 0. The van der Waals surface area contributed by atoms with Crippen LogP contribution < -0.4 is 16.2 Å². The van der Waals surface area contributed by atoms with Gasteiger partial charge in [0.25, 0.3) is 5.91 Å². The number of likely N-dealkylation sites (tertiary alicyclic amines) is 1. The van der Waals surface area contributed by atoms with E-state index in [4.69, 9.17) is 5.26 Å². The van der Waals surface area contributed by atoms with Crippen LogP contribution in [0, 0.1) is 18.3 Å². The van der Waals surface area contributed by atoms with Crippen molar-refractivity contribution in [3.8, 4) is 6.07 Å². The molecule has 2 aromatic carbocycles. The highest BCUT2D eigenvalue weighted by Gasteiger charge is 2.25. The summed E-state index contributed by atoms with van der Waals surface area (Å²) < 4.78 is 0. The number of carbonyl (C=O) groups is 1. The van der Waals surface area contributed by atoms with Crippen molar-refractivity contribution < 1.29 is 4.79 Å². The molecule has 0 aliphatic carbocycles. The minimum atomic E-state index is 0.0602. The van der Waals surface area contributed by atoms with Gasteiger partial charge in [0.1, 0.15) is 6.17 Å². The number of aryl methyl sites for hydroxylation is 1. The van der Waals surface area contributed by atoms with Crippen LogP contribution in [0.2, 0.25) is 0 Å². The van der Waals surface area contributed by atoms with Crippen molar-refractivity contribution in [3.05, 3.63) is 64.7 Å². The first-order valence-electron chi connectivity index (χ1n) is 10.8. The SMILES string of the molecule is CCC1N=C(Nc2cc(C(=O)N3CCC(c4ccc(C#N)cc4)CC3)ccc2C)NN1. The molecule has 2 aromatic rings. The largest absolute Gasteiger partial charge is 0.339 e. The number of aliphatic imine (C=N–C) groups is 1. The van der Waals surface area contributed by atoms with Crippen molar-refractivity contribution in [1.82, 2.24) is 15.8 Å². The molecule has 2 aliphatic rings. The maximum atomic E-state index is 13.1. The number of amides is 1. The predicted octanol–water partition coefficient (Wildman–Crippen LogP) is 3.50. The van der Waals surface area contributed by atoms with Gasteiger partial charge in [-0.05, 0) is 67.5 Å². The van der Waals surface area contributed by atoms with E-state index in [-0.39, 0.29) is 12.1 Å². The van der Waals surface area contributed by atoms with Crippen molar-refractivity contribution in [2.45, 2.75) is 45.2 Å². The molecule has 160 valence electrons. The molecule has 2 heterocycles. The van der Waals surface area contributed by atoms with Crippen LogP contribution in [-0.2, 0) is 0 Å². The third kappa shape index (κ3) is 4.70. The zero-order valence-corrected chi connectivity index (χ0v) is 18.0. The Morgan fingerprint density at radius 3 is 2.61 bits per heavy atom. The predicted molar refractivity (Wildman–Crippen MR) is 122 cm³/mol. The lowest BCUT2D eigenvalue weighted by Gasteiger charge is -2.32. The van der Waals surface area contributed by atoms with E-state index < -0.39 is 0 Å². The summed E-state index contributed by atoms with van der Waals surface area (Å²) in [5.74, 6) is 1.16. The van der Waals surface area contributed by atoms with Gasteiger partial charge in [-0.2, -0.15) is 5.26 Å². The molecule has 0 bridgehead atoms. The van der Waals surface area contributed by atoms with E-state index in [0.717, 1.165) is 43.6 Å². The molecule has 1 atom stereocenters. The number of benzene rings is 2. The Morgan fingerprint density at radius 1 is 1.23 bits per heavy atom. The molecule has 1 unspecified atom stereocenters. The molecule has 0 aromatic heterocycles. The Hall–Kier alpha value is -3.37. The molecule has 4 rings (SSSR count). The van der Waals surface area contributed by atoms with E-state index in [1.54, 1.807) is 0 Å². The molecule has 2 aliphatic heterocycles. The number of anilines is 1. The van der Waals surface area contributed by atoms with Crippen LogP contribution in [0.4, 0.5) is 5.69 Å². The fourth-order valence-electron chi connectivity index (χ4n) is 4.07. The van der Waals surface area contributed by atoms with Crippen molar-refractivity contribution in [1.29, 1.82) is 5.26 Å². The Labute approximate surface area is 183 Å². The fraction of sp³-hybridized carbons (Fsp3) is 0.375. The normalized spacial score (nSPS) is 18.8. The van der Waals surface area contributed by atoms with Crippen LogP contribution >= 0.6 is 0 Å². The van der Waals surface area contributed by atoms with Crippen LogP contribution in [-0.4, -0.2) is 36.0 Å². The van der Waals surface area contributed by atoms with Gasteiger partial charge >= 0.3 is 0 Å². The zero-order chi connectivity index (χ0) is 21.8. The molecule has 0 spiro atoms. The van der Waals surface area contributed by atoms with Crippen LogP contribution in [0.25, 0.3) is 0 Å². The molecule has 0 radical (unpaired) electrons. The minimum absolute atomic E-state index is 0.0602. The summed E-state index contributed by atoms with van der Waals surface area (Å²) in [4.78, 5) is 19.6. The highest BCUT2D eigenvalue weighted by atomic mass is 16.2. The van der Waals surface area contributed by atoms with Crippen molar-refractivity contribution >= 4 is 17.6 Å². The number of rotatable bonds is 4. The van der Waals surface area contributed by atoms with E-state index >= 15 is 0 Å². The second kappa shape index (κ2) is 9.19. The summed E-state index contributed by atoms with van der Waals surface area (Å²) >= 11 is 0. The second-order valence-electron chi connectivity index (χ2n) is 8.13. The lowest BCUT2D eigenvalue weighted by molar-refractivity contribution is 0.0713. The number of nitrogens with one attached hydrogen (secondary N) is 3. The molecule has 31 heavy (non-hydrogen) atoms. The van der Waals surface area contributed by atoms with Crippen LogP contribution in [0.15, 0.2) is 47.5 Å². The van der Waals surface area contributed by atoms with E-state index in [2.05, 4.69) is 34.2 Å². The molecule has 0 saturated carbocycles. The lowest BCUT2D eigenvalue weighted by atomic mass is 9.89. The highest BCUT2D eigenvalue weighted by molar-refractivity contribution is 5.99. The van der Waals surface area contributed by atoms with Crippen molar-refractivity contribution in [2.24, 2.45) is 4.99 Å². The number of hydrogen-bond donors (Lipinski definition) is 3. The summed E-state index contributed by atoms with van der Waals surface area (Å²) in [5, 5.41) is 12.3. The Kier molecular flexibility index (Phi) is 6.19. The van der Waals surface area contributed by atoms with Crippen LogP contribution in [0.3, 0.4) is 0 Å². The molecule has 7 heteroatoms. The first-order chi connectivity index (χ1) is 15.1. The number of hydrogen-bond acceptors (Lipinski definition) is 6. The van der Waals surface area contributed by atoms with Crippen molar-refractivity contribution in [2.75, 3.05) is 18.4 Å². The molecule has 1 amide bonds. The summed E-state index contributed by atoms with van der Waals surface area (Å²) in [6.45, 7) is 5.55. The first-order valence-corrected chi connectivity index (χ1v) is 10.8. The maximum absolute atomic E-state index is 13.1. The average Bonchev–Trinajstić information content (AvgIpc) is 3.28. The third-order valence-electron chi connectivity index (χ3n) is 6.06. The quantitative estimate of drug-likeness (QED) is 0.709. The van der Waals surface area contributed by atoms with Gasteiger partial charge in [0.15, 0.2) is 0 Å². The summed E-state index contributed by atoms with van der Waals surface area (Å²) in [5.41, 5.74) is 10.7.